The Morgan fingerprint density at radius 2 is 1.88 bits per heavy atom. The van der Waals surface area contributed by atoms with E-state index in [-0.39, 0.29) is 12.1 Å². The van der Waals surface area contributed by atoms with Gasteiger partial charge in [-0.3, -0.25) is 4.57 Å². The summed E-state index contributed by atoms with van der Waals surface area (Å²) in [6, 6.07) is 1.81. The van der Waals surface area contributed by atoms with E-state index in [0.29, 0.717) is 36.5 Å². The zero-order valence-electron chi connectivity index (χ0n) is 19.3. The predicted molar refractivity (Wildman–Crippen MR) is 126 cm³/mol. The van der Waals surface area contributed by atoms with E-state index < -0.39 is 5.60 Å². The fourth-order valence-corrected chi connectivity index (χ4v) is 4.53. The lowest BCUT2D eigenvalue weighted by atomic mass is 10.1. The van der Waals surface area contributed by atoms with Crippen LogP contribution in [0, 0.1) is 0 Å². The molecule has 1 saturated carbocycles. The highest BCUT2D eigenvalue weighted by Crippen LogP contribution is 2.46. The summed E-state index contributed by atoms with van der Waals surface area (Å²) in [5.41, 5.74) is 1.53. The molecule has 0 N–H and O–H groups in total. The fourth-order valence-electron chi connectivity index (χ4n) is 4.39. The van der Waals surface area contributed by atoms with E-state index in [1.807, 2.05) is 25.3 Å². The second-order valence-corrected chi connectivity index (χ2v) is 10.2. The third-order valence-electron chi connectivity index (χ3n) is 6.03. The molecule has 0 spiro atoms. The number of hydrogen-bond acceptors (Lipinski definition) is 7. The molecular weight excluding hydrogens is 442 g/mol. The minimum Gasteiger partial charge on any atom is -0.444 e. The SMILES string of the molecule is C[C@H]1CN(C(=O)OC(C)(C)C)CCN1c1ncnc2c1c(C1CC1)cn2-c1cc(Cl)ncn1. The Balaban J connectivity index is 1.50. The van der Waals surface area contributed by atoms with Crippen molar-refractivity contribution < 1.29 is 9.53 Å². The molecule has 1 amide bonds. The Morgan fingerprint density at radius 3 is 2.55 bits per heavy atom. The summed E-state index contributed by atoms with van der Waals surface area (Å²) >= 11 is 6.13. The first-order valence-corrected chi connectivity index (χ1v) is 11.7. The van der Waals surface area contributed by atoms with E-state index in [0.717, 1.165) is 29.7 Å². The van der Waals surface area contributed by atoms with Gasteiger partial charge in [-0.05, 0) is 52.0 Å². The summed E-state index contributed by atoms with van der Waals surface area (Å²) in [5, 5.41) is 1.43. The summed E-state index contributed by atoms with van der Waals surface area (Å²) in [6.07, 6.45) is 7.20. The molecule has 174 valence electrons. The van der Waals surface area contributed by atoms with Crippen molar-refractivity contribution in [2.75, 3.05) is 24.5 Å². The van der Waals surface area contributed by atoms with Crippen LogP contribution in [0.2, 0.25) is 5.15 Å². The lowest BCUT2D eigenvalue weighted by Gasteiger charge is -2.41. The molecule has 2 aliphatic rings. The fraction of sp³-hybridized carbons (Fsp3) is 0.522. The molecule has 1 saturated heterocycles. The molecule has 5 rings (SSSR count). The van der Waals surface area contributed by atoms with E-state index in [1.165, 1.54) is 11.9 Å². The van der Waals surface area contributed by atoms with Crippen LogP contribution in [0.4, 0.5) is 10.6 Å². The zero-order chi connectivity index (χ0) is 23.3. The van der Waals surface area contributed by atoms with Gasteiger partial charge in [-0.2, -0.15) is 0 Å². The van der Waals surface area contributed by atoms with Crippen molar-refractivity contribution in [1.29, 1.82) is 0 Å². The summed E-state index contributed by atoms with van der Waals surface area (Å²) < 4.78 is 7.55. The Hall–Kier alpha value is -2.94. The van der Waals surface area contributed by atoms with Crippen LogP contribution in [0.3, 0.4) is 0 Å². The van der Waals surface area contributed by atoms with Gasteiger partial charge in [0.2, 0.25) is 0 Å². The predicted octanol–water partition coefficient (Wildman–Crippen LogP) is 4.19. The van der Waals surface area contributed by atoms with Gasteiger partial charge in [0, 0.05) is 37.9 Å². The van der Waals surface area contributed by atoms with Crippen molar-refractivity contribution in [3.05, 3.63) is 35.6 Å². The molecule has 0 radical (unpaired) electrons. The van der Waals surface area contributed by atoms with Gasteiger partial charge in [-0.1, -0.05) is 11.6 Å². The van der Waals surface area contributed by atoms with Crippen LogP contribution in [0.15, 0.2) is 24.9 Å². The minimum atomic E-state index is -0.512. The molecule has 3 aromatic rings. The Kier molecular flexibility index (Phi) is 5.39. The second kappa shape index (κ2) is 8.13. The molecule has 1 atom stereocenters. The Labute approximate surface area is 197 Å². The first-order chi connectivity index (χ1) is 15.7. The van der Waals surface area contributed by atoms with Gasteiger partial charge >= 0.3 is 6.09 Å². The van der Waals surface area contributed by atoms with Crippen molar-refractivity contribution in [2.24, 2.45) is 0 Å². The molecule has 0 aromatic carbocycles. The highest BCUT2D eigenvalue weighted by atomic mass is 35.5. The second-order valence-electron chi connectivity index (χ2n) is 9.79. The number of fused-ring (bicyclic) bond motifs is 1. The normalized spacial score (nSPS) is 19.2. The summed E-state index contributed by atoms with van der Waals surface area (Å²) in [4.78, 5) is 34.4. The molecule has 3 aromatic heterocycles. The summed E-state index contributed by atoms with van der Waals surface area (Å²) in [6.45, 7) is 9.59. The molecular formula is C23H28ClN7O2. The third-order valence-corrected chi connectivity index (χ3v) is 6.23. The van der Waals surface area contributed by atoms with Gasteiger partial charge in [0.15, 0.2) is 5.65 Å². The average Bonchev–Trinajstić information content (AvgIpc) is 3.52. The number of nitrogens with zero attached hydrogens (tertiary/aromatic N) is 7. The number of aromatic nitrogens is 5. The highest BCUT2D eigenvalue weighted by Gasteiger charge is 2.34. The number of ether oxygens (including phenoxy) is 1. The van der Waals surface area contributed by atoms with E-state index in [4.69, 9.17) is 21.3 Å². The van der Waals surface area contributed by atoms with Crippen LogP contribution < -0.4 is 4.90 Å². The number of piperazine rings is 1. The largest absolute Gasteiger partial charge is 0.444 e. The molecule has 0 bridgehead atoms. The first kappa shape index (κ1) is 21.9. The van der Waals surface area contributed by atoms with Crippen LogP contribution in [0.25, 0.3) is 16.9 Å². The van der Waals surface area contributed by atoms with Crippen LogP contribution in [0.1, 0.15) is 52.0 Å². The Morgan fingerprint density at radius 1 is 1.12 bits per heavy atom. The standard InChI is InChI=1S/C23H28ClN7O2/c1-14-10-29(22(32)33-23(2,3)4)7-8-30(14)20-19-16(15-5-6-15)11-31(21(19)28-13-27-20)18-9-17(24)25-12-26-18/h9,11-15H,5-8,10H2,1-4H3/t14-/m0/s1. The quantitative estimate of drug-likeness (QED) is 0.531. The van der Waals surface area contributed by atoms with E-state index in [1.54, 1.807) is 17.3 Å². The maximum atomic E-state index is 12.6. The number of carbonyl (C=O) groups excluding carboxylic acids is 1. The van der Waals surface area contributed by atoms with Gasteiger partial charge in [0.1, 0.15) is 35.0 Å². The van der Waals surface area contributed by atoms with Crippen LogP contribution in [-0.4, -0.2) is 66.8 Å². The van der Waals surface area contributed by atoms with Gasteiger partial charge in [0.05, 0.1) is 5.39 Å². The maximum Gasteiger partial charge on any atom is 0.410 e. The topological polar surface area (TPSA) is 89.3 Å². The molecule has 0 unspecified atom stereocenters. The van der Waals surface area contributed by atoms with Crippen molar-refractivity contribution in [2.45, 2.75) is 58.1 Å². The lowest BCUT2D eigenvalue weighted by Crippen LogP contribution is -2.54. The molecule has 1 aliphatic heterocycles. The van der Waals surface area contributed by atoms with E-state index in [2.05, 4.69) is 33.0 Å². The number of halogens is 1. The van der Waals surface area contributed by atoms with Gasteiger partial charge in [-0.15, -0.1) is 0 Å². The number of hydrogen-bond donors (Lipinski definition) is 0. The number of rotatable bonds is 3. The third kappa shape index (κ3) is 4.34. The van der Waals surface area contributed by atoms with Crippen molar-refractivity contribution in [3.8, 4) is 5.82 Å². The van der Waals surface area contributed by atoms with Gasteiger partial charge in [0.25, 0.3) is 0 Å². The van der Waals surface area contributed by atoms with Crippen molar-refractivity contribution in [3.63, 3.8) is 0 Å². The lowest BCUT2D eigenvalue weighted by molar-refractivity contribution is 0.0218. The maximum absolute atomic E-state index is 12.6. The van der Waals surface area contributed by atoms with Gasteiger partial charge < -0.3 is 14.5 Å². The van der Waals surface area contributed by atoms with Crippen LogP contribution in [0.5, 0.6) is 0 Å². The highest BCUT2D eigenvalue weighted by molar-refractivity contribution is 6.29. The van der Waals surface area contributed by atoms with Gasteiger partial charge in [-0.25, -0.2) is 24.7 Å². The monoisotopic (exact) mass is 469 g/mol. The number of anilines is 1. The van der Waals surface area contributed by atoms with Crippen LogP contribution in [-0.2, 0) is 4.74 Å². The zero-order valence-corrected chi connectivity index (χ0v) is 20.1. The molecule has 9 nitrogen and oxygen atoms in total. The molecule has 4 heterocycles. The molecule has 2 fully saturated rings. The molecule has 1 aliphatic carbocycles. The molecule has 33 heavy (non-hydrogen) atoms. The number of carbonyl (C=O) groups is 1. The Bertz CT molecular complexity index is 1200. The van der Waals surface area contributed by atoms with E-state index >= 15 is 0 Å². The van der Waals surface area contributed by atoms with E-state index in [9.17, 15) is 4.79 Å². The average molecular weight is 470 g/mol. The van der Waals surface area contributed by atoms with Crippen molar-refractivity contribution in [1.82, 2.24) is 29.4 Å². The minimum absolute atomic E-state index is 0.0771. The smallest absolute Gasteiger partial charge is 0.410 e. The van der Waals surface area contributed by atoms with Crippen molar-refractivity contribution >= 4 is 34.5 Å². The number of amides is 1. The first-order valence-electron chi connectivity index (χ1n) is 11.3. The van der Waals surface area contributed by atoms with Crippen LogP contribution >= 0.6 is 11.6 Å². The molecule has 10 heteroatoms. The summed E-state index contributed by atoms with van der Waals surface area (Å²) in [5.74, 6) is 2.07. The summed E-state index contributed by atoms with van der Waals surface area (Å²) in [7, 11) is 0.